The molecule has 192 valence electrons. The number of nitro groups is 1. The topological polar surface area (TPSA) is 102 Å². The number of likely N-dealkylation sites (N-methyl/N-ethyl adjacent to an activating group) is 1. The number of carbonyl (C=O) groups is 2. The lowest BCUT2D eigenvalue weighted by atomic mass is 10.0. The molecule has 1 amide bonds. The molecule has 0 saturated carbocycles. The van der Waals surface area contributed by atoms with Gasteiger partial charge in [-0.3, -0.25) is 14.9 Å². The van der Waals surface area contributed by atoms with Gasteiger partial charge in [0.25, 0.3) is 11.6 Å². The van der Waals surface area contributed by atoms with Crippen LogP contribution in [0, 0.1) is 10.1 Å². The summed E-state index contributed by atoms with van der Waals surface area (Å²) in [7, 11) is 5.41. The molecule has 0 spiro atoms. The van der Waals surface area contributed by atoms with E-state index in [1.54, 1.807) is 24.1 Å². The average molecular weight is 522 g/mol. The van der Waals surface area contributed by atoms with Crippen LogP contribution in [-0.2, 0) is 9.53 Å². The van der Waals surface area contributed by atoms with Gasteiger partial charge < -0.3 is 19.3 Å². The molecule has 0 N–H and O–H groups in total. The summed E-state index contributed by atoms with van der Waals surface area (Å²) in [5, 5.41) is 10.7. The van der Waals surface area contributed by atoms with Crippen molar-refractivity contribution in [3.63, 3.8) is 0 Å². The van der Waals surface area contributed by atoms with Crippen molar-refractivity contribution < 1.29 is 24.0 Å². The Balaban J connectivity index is 1.76. The molecule has 2 atom stereocenters. The summed E-state index contributed by atoms with van der Waals surface area (Å²) in [5.74, 6) is -0.509. The second-order valence-electron chi connectivity index (χ2n) is 8.71. The highest BCUT2D eigenvalue weighted by Gasteiger charge is 2.41. The second kappa shape index (κ2) is 11.4. The molecular weight excluding hydrogens is 494 g/mol. The zero-order chi connectivity index (χ0) is 26.5. The first-order chi connectivity index (χ1) is 17.8. The molecular formula is C27H27N3O6S. The van der Waals surface area contributed by atoms with Crippen LogP contribution in [0.2, 0.25) is 0 Å². The van der Waals surface area contributed by atoms with E-state index in [9.17, 15) is 19.7 Å². The van der Waals surface area contributed by atoms with E-state index in [0.29, 0.717) is 18.8 Å². The molecule has 0 saturated heterocycles. The fourth-order valence-electron chi connectivity index (χ4n) is 3.99. The molecule has 1 aliphatic heterocycles. The fourth-order valence-corrected chi connectivity index (χ4v) is 5.31. The molecule has 4 rings (SSSR count). The smallest absolute Gasteiger partial charge is 0.339 e. The van der Waals surface area contributed by atoms with Gasteiger partial charge >= 0.3 is 5.97 Å². The third-order valence-electron chi connectivity index (χ3n) is 5.94. The number of benzene rings is 3. The van der Waals surface area contributed by atoms with E-state index in [0.717, 1.165) is 22.2 Å². The first-order valence-electron chi connectivity index (χ1n) is 11.6. The fraction of sp³-hybridized carbons (Fsp3) is 0.259. The highest BCUT2D eigenvalue weighted by atomic mass is 32.2. The van der Waals surface area contributed by atoms with Gasteiger partial charge in [0.2, 0.25) is 0 Å². The Morgan fingerprint density at radius 2 is 1.81 bits per heavy atom. The highest BCUT2D eigenvalue weighted by molar-refractivity contribution is 7.99. The molecule has 1 heterocycles. The number of carbonyl (C=O) groups excluding carboxylic acids is 2. The van der Waals surface area contributed by atoms with Crippen LogP contribution < -0.4 is 9.64 Å². The van der Waals surface area contributed by atoms with E-state index in [2.05, 4.69) is 0 Å². The summed E-state index contributed by atoms with van der Waals surface area (Å²) in [6.45, 7) is 0.993. The maximum atomic E-state index is 14.1. The van der Waals surface area contributed by atoms with E-state index < -0.39 is 22.2 Å². The number of hydrogen-bond donors (Lipinski definition) is 0. The van der Waals surface area contributed by atoms with Crippen molar-refractivity contribution in [1.29, 1.82) is 0 Å². The number of nitro benzene ring substituents is 1. The number of thioether (sulfide) groups is 1. The first-order valence-corrected chi connectivity index (χ1v) is 12.5. The van der Waals surface area contributed by atoms with Gasteiger partial charge in [-0.1, -0.05) is 30.3 Å². The Morgan fingerprint density at radius 3 is 2.49 bits per heavy atom. The molecule has 37 heavy (non-hydrogen) atoms. The van der Waals surface area contributed by atoms with Crippen molar-refractivity contribution in [2.24, 2.45) is 0 Å². The van der Waals surface area contributed by atoms with Crippen molar-refractivity contribution in [2.45, 2.75) is 16.2 Å². The van der Waals surface area contributed by atoms with Crippen molar-refractivity contribution in [2.75, 3.05) is 39.2 Å². The van der Waals surface area contributed by atoms with Gasteiger partial charge in [-0.2, -0.15) is 0 Å². The summed E-state index contributed by atoms with van der Waals surface area (Å²) in [6.07, 6.45) is -1.18. The number of rotatable bonds is 8. The van der Waals surface area contributed by atoms with Crippen LogP contribution in [-0.4, -0.2) is 62.1 Å². The Hall–Kier alpha value is -3.89. The molecule has 0 fully saturated rings. The molecule has 10 heteroatoms. The molecule has 9 nitrogen and oxygen atoms in total. The number of esters is 1. The predicted octanol–water partition coefficient (Wildman–Crippen LogP) is 4.57. The van der Waals surface area contributed by atoms with Crippen LogP contribution in [0.3, 0.4) is 0 Å². The number of methoxy groups -OCH3 is 1. The van der Waals surface area contributed by atoms with Gasteiger partial charge in [-0.15, -0.1) is 11.8 Å². The van der Waals surface area contributed by atoms with Crippen molar-refractivity contribution >= 4 is 35.0 Å². The quantitative estimate of drug-likeness (QED) is 0.241. The monoisotopic (exact) mass is 521 g/mol. The van der Waals surface area contributed by atoms with Gasteiger partial charge in [0.05, 0.1) is 28.5 Å². The Morgan fingerprint density at radius 1 is 1.08 bits per heavy atom. The standard InChI is InChI=1S/C27H27N3O6S/c1-28(2)15-16-29-22-9-4-5-10-23(22)37-25(18-11-13-21(35-3)14-12-18)24(26(29)31)36-27(32)19-7-6-8-20(17-19)30(33)34/h4-14,17,24-25H,15-16H2,1-3H3/t24-,25+/m0/s1. The van der Waals surface area contributed by atoms with Crippen molar-refractivity contribution in [3.05, 3.63) is 94.0 Å². The maximum Gasteiger partial charge on any atom is 0.339 e. The van der Waals surface area contributed by atoms with Gasteiger partial charge in [-0.25, -0.2) is 4.79 Å². The summed E-state index contributed by atoms with van der Waals surface area (Å²) in [4.78, 5) is 42.4. The van der Waals surface area contributed by atoms with Crippen LogP contribution in [0.4, 0.5) is 11.4 Å². The van der Waals surface area contributed by atoms with Crippen LogP contribution in [0.25, 0.3) is 0 Å². The van der Waals surface area contributed by atoms with Crippen molar-refractivity contribution in [3.8, 4) is 5.75 Å². The third kappa shape index (κ3) is 5.92. The number of amides is 1. The number of hydrogen-bond acceptors (Lipinski definition) is 8. The molecule has 0 bridgehead atoms. The maximum absolute atomic E-state index is 14.1. The molecule has 3 aromatic rings. The Kier molecular flexibility index (Phi) is 8.10. The number of anilines is 1. The van der Waals surface area contributed by atoms with Gasteiger partial charge in [0.15, 0.2) is 6.10 Å². The third-order valence-corrected chi connectivity index (χ3v) is 7.31. The number of ether oxygens (including phenoxy) is 2. The number of nitrogens with zero attached hydrogens (tertiary/aromatic N) is 3. The highest BCUT2D eigenvalue weighted by Crippen LogP contribution is 2.47. The van der Waals surface area contributed by atoms with E-state index in [4.69, 9.17) is 9.47 Å². The largest absolute Gasteiger partial charge is 0.497 e. The second-order valence-corrected chi connectivity index (χ2v) is 9.89. The minimum atomic E-state index is -1.18. The first kappa shape index (κ1) is 26.2. The van der Waals surface area contributed by atoms with Gasteiger partial charge in [-0.05, 0) is 50.0 Å². The molecule has 3 aromatic carbocycles. The van der Waals surface area contributed by atoms with Gasteiger partial charge in [0.1, 0.15) is 5.75 Å². The van der Waals surface area contributed by atoms with Crippen LogP contribution in [0.5, 0.6) is 5.75 Å². The zero-order valence-electron chi connectivity index (χ0n) is 20.7. The summed E-state index contributed by atoms with van der Waals surface area (Å²) in [6, 6.07) is 20.2. The summed E-state index contributed by atoms with van der Waals surface area (Å²) >= 11 is 1.44. The summed E-state index contributed by atoms with van der Waals surface area (Å²) in [5.41, 5.74) is 1.29. The van der Waals surface area contributed by atoms with E-state index in [-0.39, 0.29) is 17.2 Å². The summed E-state index contributed by atoms with van der Waals surface area (Å²) < 4.78 is 11.2. The minimum absolute atomic E-state index is 0.00193. The molecule has 0 aliphatic carbocycles. The normalized spacial score (nSPS) is 17.2. The lowest BCUT2D eigenvalue weighted by molar-refractivity contribution is -0.384. The van der Waals surface area contributed by atoms with Crippen LogP contribution in [0.15, 0.2) is 77.7 Å². The minimum Gasteiger partial charge on any atom is -0.497 e. The van der Waals surface area contributed by atoms with Crippen LogP contribution in [0.1, 0.15) is 21.2 Å². The number of para-hydroxylation sites is 1. The lowest BCUT2D eigenvalue weighted by Gasteiger charge is -2.28. The van der Waals surface area contributed by atoms with E-state index >= 15 is 0 Å². The van der Waals surface area contributed by atoms with E-state index in [1.807, 2.05) is 55.4 Å². The van der Waals surface area contributed by atoms with Gasteiger partial charge in [0, 0.05) is 30.1 Å². The number of fused-ring (bicyclic) bond motifs is 1. The molecule has 0 radical (unpaired) electrons. The Bertz CT molecular complexity index is 1300. The SMILES string of the molecule is COc1ccc([C@H]2Sc3ccccc3N(CCN(C)C)C(=O)[C@H]2OC(=O)c2cccc([N+](=O)[O-])c2)cc1. The zero-order valence-corrected chi connectivity index (χ0v) is 21.5. The lowest BCUT2D eigenvalue weighted by Crippen LogP contribution is -2.45. The Labute approximate surface area is 219 Å². The molecule has 0 aromatic heterocycles. The number of non-ortho nitro benzene ring substituents is 1. The van der Waals surface area contributed by atoms with E-state index in [1.165, 1.54) is 30.0 Å². The van der Waals surface area contributed by atoms with Crippen molar-refractivity contribution in [1.82, 2.24) is 4.90 Å². The van der Waals surface area contributed by atoms with Crippen LogP contribution >= 0.6 is 11.8 Å². The molecule has 1 aliphatic rings. The predicted molar refractivity (Wildman–Crippen MR) is 141 cm³/mol. The molecule has 0 unspecified atom stereocenters. The average Bonchev–Trinajstić information content (AvgIpc) is 3.02.